The van der Waals surface area contributed by atoms with Gasteiger partial charge in [-0.25, -0.2) is 0 Å². The van der Waals surface area contributed by atoms with Crippen LogP contribution < -0.4 is 4.74 Å². The first-order valence-electron chi connectivity index (χ1n) is 7.25. The maximum Gasteiger partial charge on any atom is 0.308 e. The molecule has 4 aromatic carbocycles. The average Bonchev–Trinajstić information content (AvgIpc) is 2.53. The van der Waals surface area contributed by atoms with Crippen LogP contribution in [0.15, 0.2) is 66.7 Å². The summed E-state index contributed by atoms with van der Waals surface area (Å²) in [6.45, 7) is 1.42. The highest BCUT2D eigenvalue weighted by atomic mass is 16.5. The molecule has 0 bridgehead atoms. The van der Waals surface area contributed by atoms with E-state index in [4.69, 9.17) is 4.74 Å². The van der Waals surface area contributed by atoms with E-state index >= 15 is 0 Å². The van der Waals surface area contributed by atoms with Gasteiger partial charge in [0.25, 0.3) is 0 Å². The highest BCUT2D eigenvalue weighted by Gasteiger charge is 2.06. The lowest BCUT2D eigenvalue weighted by Gasteiger charge is -2.09. The molecule has 0 unspecified atom stereocenters. The number of fused-ring (bicyclic) bond motifs is 5. The van der Waals surface area contributed by atoms with Crippen molar-refractivity contribution in [2.75, 3.05) is 0 Å². The Hall–Kier alpha value is -2.87. The fourth-order valence-electron chi connectivity index (χ4n) is 3.03. The molecule has 0 saturated carbocycles. The van der Waals surface area contributed by atoms with Crippen molar-refractivity contribution in [3.63, 3.8) is 0 Å². The van der Waals surface area contributed by atoms with E-state index in [-0.39, 0.29) is 5.97 Å². The van der Waals surface area contributed by atoms with Gasteiger partial charge in [0, 0.05) is 6.92 Å². The summed E-state index contributed by atoms with van der Waals surface area (Å²) in [5.41, 5.74) is 0. The topological polar surface area (TPSA) is 26.3 Å². The monoisotopic (exact) mass is 286 g/mol. The molecule has 22 heavy (non-hydrogen) atoms. The first-order chi connectivity index (χ1) is 10.7. The van der Waals surface area contributed by atoms with E-state index in [1.807, 2.05) is 24.3 Å². The Labute approximate surface area is 127 Å². The van der Waals surface area contributed by atoms with Gasteiger partial charge in [-0.2, -0.15) is 0 Å². The molecule has 0 aliphatic heterocycles. The molecule has 2 heteroatoms. The Bertz CT molecular complexity index is 1030. The summed E-state index contributed by atoms with van der Waals surface area (Å²) in [5, 5.41) is 7.08. The van der Waals surface area contributed by atoms with Crippen molar-refractivity contribution in [1.82, 2.24) is 0 Å². The molecule has 0 aromatic heterocycles. The minimum atomic E-state index is -0.301. The van der Waals surface area contributed by atoms with Crippen LogP contribution in [0.4, 0.5) is 0 Å². The standard InChI is InChI=1S/C20H14O2/c1-13(21)22-16-9-6-15-8-10-18-17-5-3-2-4-14(17)7-11-19(18)20(15)12-16/h2-12H,1H3. The molecule has 0 N–H and O–H groups in total. The zero-order chi connectivity index (χ0) is 15.1. The number of rotatable bonds is 1. The highest BCUT2D eigenvalue weighted by molar-refractivity contribution is 6.17. The number of hydrogen-bond acceptors (Lipinski definition) is 2. The lowest BCUT2D eigenvalue weighted by atomic mass is 9.97. The first kappa shape index (κ1) is 12.8. The van der Waals surface area contributed by atoms with Crippen molar-refractivity contribution in [2.45, 2.75) is 6.92 Å². The number of ether oxygens (including phenoxy) is 1. The molecule has 0 fully saturated rings. The molecule has 0 atom stereocenters. The lowest BCUT2D eigenvalue weighted by Crippen LogP contribution is -2.00. The summed E-state index contributed by atoms with van der Waals surface area (Å²) in [6, 6.07) is 22.7. The van der Waals surface area contributed by atoms with E-state index in [1.54, 1.807) is 0 Å². The van der Waals surface area contributed by atoms with Gasteiger partial charge in [0.05, 0.1) is 0 Å². The van der Waals surface area contributed by atoms with Gasteiger partial charge in [0.1, 0.15) is 5.75 Å². The fraction of sp³-hybridized carbons (Fsp3) is 0.0500. The molecule has 0 spiro atoms. The van der Waals surface area contributed by atoms with Gasteiger partial charge in [0.15, 0.2) is 0 Å². The molecule has 0 saturated heterocycles. The summed E-state index contributed by atoms with van der Waals surface area (Å²) in [6.07, 6.45) is 0. The molecule has 2 nitrogen and oxygen atoms in total. The van der Waals surface area contributed by atoms with Gasteiger partial charge in [-0.05, 0) is 44.5 Å². The third-order valence-electron chi connectivity index (χ3n) is 3.98. The van der Waals surface area contributed by atoms with E-state index < -0.39 is 0 Å². The van der Waals surface area contributed by atoms with Crippen LogP contribution >= 0.6 is 0 Å². The average molecular weight is 286 g/mol. The van der Waals surface area contributed by atoms with Gasteiger partial charge in [-0.3, -0.25) is 4.79 Å². The van der Waals surface area contributed by atoms with Crippen LogP contribution in [0.1, 0.15) is 6.92 Å². The van der Waals surface area contributed by atoms with Crippen LogP contribution in [-0.2, 0) is 4.79 Å². The Morgan fingerprint density at radius 2 is 1.36 bits per heavy atom. The second-order valence-corrected chi connectivity index (χ2v) is 5.42. The van der Waals surface area contributed by atoms with Crippen LogP contribution in [0.3, 0.4) is 0 Å². The third kappa shape index (κ3) is 2.01. The van der Waals surface area contributed by atoms with Gasteiger partial charge in [0.2, 0.25) is 0 Å². The van der Waals surface area contributed by atoms with Gasteiger partial charge < -0.3 is 4.74 Å². The molecule has 0 radical (unpaired) electrons. The molecule has 0 aliphatic rings. The van der Waals surface area contributed by atoms with E-state index in [0.29, 0.717) is 5.75 Å². The summed E-state index contributed by atoms with van der Waals surface area (Å²) in [4.78, 5) is 11.2. The van der Waals surface area contributed by atoms with Gasteiger partial charge in [-0.15, -0.1) is 0 Å². The molecule has 4 rings (SSSR count). The van der Waals surface area contributed by atoms with Gasteiger partial charge >= 0.3 is 5.97 Å². The summed E-state index contributed by atoms with van der Waals surface area (Å²) in [7, 11) is 0. The smallest absolute Gasteiger partial charge is 0.308 e. The highest BCUT2D eigenvalue weighted by Crippen LogP contribution is 2.32. The molecule has 0 heterocycles. The molecule has 0 amide bonds. The van der Waals surface area contributed by atoms with Crippen molar-refractivity contribution in [3.8, 4) is 5.75 Å². The van der Waals surface area contributed by atoms with Crippen molar-refractivity contribution in [3.05, 3.63) is 66.7 Å². The normalized spacial score (nSPS) is 11.1. The number of hydrogen-bond donors (Lipinski definition) is 0. The molecule has 4 aromatic rings. The Balaban J connectivity index is 2.08. The maximum absolute atomic E-state index is 11.2. The largest absolute Gasteiger partial charge is 0.427 e. The summed E-state index contributed by atoms with van der Waals surface area (Å²) in [5.74, 6) is 0.283. The lowest BCUT2D eigenvalue weighted by molar-refractivity contribution is -0.131. The predicted octanol–water partition coefficient (Wildman–Crippen LogP) is 5.07. The van der Waals surface area contributed by atoms with Crippen LogP contribution in [-0.4, -0.2) is 5.97 Å². The van der Waals surface area contributed by atoms with Crippen LogP contribution in [0.25, 0.3) is 32.3 Å². The van der Waals surface area contributed by atoms with Crippen molar-refractivity contribution >= 4 is 38.3 Å². The Kier molecular flexibility index (Phi) is 2.83. The second kappa shape index (κ2) is 4.85. The van der Waals surface area contributed by atoms with Crippen LogP contribution in [0.2, 0.25) is 0 Å². The minimum absolute atomic E-state index is 0.301. The Morgan fingerprint density at radius 3 is 2.14 bits per heavy atom. The molecule has 106 valence electrons. The number of esters is 1. The Morgan fingerprint density at radius 1 is 0.727 bits per heavy atom. The predicted molar refractivity (Wildman–Crippen MR) is 90.3 cm³/mol. The van der Waals surface area contributed by atoms with Gasteiger partial charge in [-0.1, -0.05) is 54.6 Å². The minimum Gasteiger partial charge on any atom is -0.427 e. The van der Waals surface area contributed by atoms with Crippen LogP contribution in [0, 0.1) is 0 Å². The zero-order valence-corrected chi connectivity index (χ0v) is 12.2. The zero-order valence-electron chi connectivity index (χ0n) is 12.2. The van der Waals surface area contributed by atoms with E-state index in [1.165, 1.54) is 28.5 Å². The van der Waals surface area contributed by atoms with Crippen molar-refractivity contribution in [2.24, 2.45) is 0 Å². The quantitative estimate of drug-likeness (QED) is 0.277. The van der Waals surface area contributed by atoms with Crippen LogP contribution in [0.5, 0.6) is 5.75 Å². The number of carbonyl (C=O) groups is 1. The number of carbonyl (C=O) groups excluding carboxylic acids is 1. The third-order valence-corrected chi connectivity index (χ3v) is 3.98. The number of benzene rings is 4. The van der Waals surface area contributed by atoms with Crippen molar-refractivity contribution < 1.29 is 9.53 Å². The summed E-state index contributed by atoms with van der Waals surface area (Å²) < 4.78 is 5.22. The first-order valence-corrected chi connectivity index (χ1v) is 7.25. The van der Waals surface area contributed by atoms with E-state index in [9.17, 15) is 4.79 Å². The van der Waals surface area contributed by atoms with E-state index in [2.05, 4.69) is 42.5 Å². The SMILES string of the molecule is CC(=O)Oc1ccc2ccc3c4ccccc4ccc3c2c1. The maximum atomic E-state index is 11.2. The molecular formula is C20H14O2. The van der Waals surface area contributed by atoms with E-state index in [0.717, 1.165) is 10.8 Å². The summed E-state index contributed by atoms with van der Waals surface area (Å²) >= 11 is 0. The fourth-order valence-corrected chi connectivity index (χ4v) is 3.03. The van der Waals surface area contributed by atoms with Crippen molar-refractivity contribution in [1.29, 1.82) is 0 Å². The second-order valence-electron chi connectivity index (χ2n) is 5.42. The molecular weight excluding hydrogens is 272 g/mol. The molecule has 0 aliphatic carbocycles.